The molecular formula is C14H13NO3. The Morgan fingerprint density at radius 3 is 2.94 bits per heavy atom. The summed E-state index contributed by atoms with van der Waals surface area (Å²) in [6.45, 7) is 2.43. The van der Waals surface area contributed by atoms with E-state index in [0.29, 0.717) is 12.2 Å². The van der Waals surface area contributed by atoms with Crippen LogP contribution in [-0.4, -0.2) is 19.7 Å². The van der Waals surface area contributed by atoms with Crippen molar-refractivity contribution in [3.8, 4) is 11.8 Å². The topological polar surface area (TPSA) is 59.3 Å². The van der Waals surface area contributed by atoms with Crippen molar-refractivity contribution in [1.29, 1.82) is 5.26 Å². The van der Waals surface area contributed by atoms with Crippen molar-refractivity contribution in [3.05, 3.63) is 34.9 Å². The van der Waals surface area contributed by atoms with E-state index >= 15 is 0 Å². The molecule has 4 nitrogen and oxygen atoms in total. The fourth-order valence-electron chi connectivity index (χ4n) is 1.95. The number of allylic oxidation sites excluding steroid dienone is 1. The molecule has 18 heavy (non-hydrogen) atoms. The van der Waals surface area contributed by atoms with Gasteiger partial charge in [0, 0.05) is 6.42 Å². The summed E-state index contributed by atoms with van der Waals surface area (Å²) in [5, 5.41) is 9.02. The van der Waals surface area contributed by atoms with Gasteiger partial charge in [0.2, 0.25) is 0 Å². The molecule has 1 heterocycles. The molecule has 1 aliphatic heterocycles. The highest BCUT2D eigenvalue weighted by Gasteiger charge is 2.17. The predicted molar refractivity (Wildman–Crippen MR) is 65.9 cm³/mol. The number of hydrogen-bond acceptors (Lipinski definition) is 4. The lowest BCUT2D eigenvalue weighted by molar-refractivity contribution is -0.135. The summed E-state index contributed by atoms with van der Waals surface area (Å²) in [6, 6.07) is 7.56. The Balaban J connectivity index is 2.45. The van der Waals surface area contributed by atoms with Gasteiger partial charge in [0.15, 0.2) is 0 Å². The van der Waals surface area contributed by atoms with E-state index in [0.717, 1.165) is 23.3 Å². The van der Waals surface area contributed by atoms with Gasteiger partial charge in [0.05, 0.1) is 13.7 Å². The third-order valence-corrected chi connectivity index (χ3v) is 3.00. The number of fused-ring (bicyclic) bond motifs is 1. The summed E-state index contributed by atoms with van der Waals surface area (Å²) in [6.07, 6.45) is 0.858. The molecule has 0 N–H and O–H groups in total. The molecule has 1 aliphatic rings. The number of nitrogens with zero attached hydrogens (tertiary/aromatic N) is 1. The van der Waals surface area contributed by atoms with Crippen LogP contribution in [0.1, 0.15) is 18.1 Å². The van der Waals surface area contributed by atoms with Crippen LogP contribution in [0.3, 0.4) is 0 Å². The van der Waals surface area contributed by atoms with E-state index in [4.69, 9.17) is 10.00 Å². The third-order valence-electron chi connectivity index (χ3n) is 3.00. The smallest absolute Gasteiger partial charge is 0.348 e. The van der Waals surface area contributed by atoms with Gasteiger partial charge in [-0.05, 0) is 35.8 Å². The molecule has 0 atom stereocenters. The number of methoxy groups -OCH3 is 1. The number of esters is 1. The summed E-state index contributed by atoms with van der Waals surface area (Å²) in [4.78, 5) is 11.5. The summed E-state index contributed by atoms with van der Waals surface area (Å²) in [7, 11) is 1.27. The highest BCUT2D eigenvalue weighted by molar-refractivity contribution is 6.01. The minimum atomic E-state index is -0.605. The second-order valence-corrected chi connectivity index (χ2v) is 4.02. The highest BCUT2D eigenvalue weighted by atomic mass is 16.5. The zero-order valence-electron chi connectivity index (χ0n) is 10.3. The Bertz CT molecular complexity index is 567. The molecule has 92 valence electrons. The molecule has 0 bridgehead atoms. The van der Waals surface area contributed by atoms with Gasteiger partial charge in [-0.1, -0.05) is 6.07 Å². The Morgan fingerprint density at radius 2 is 2.28 bits per heavy atom. The van der Waals surface area contributed by atoms with Crippen molar-refractivity contribution < 1.29 is 14.3 Å². The van der Waals surface area contributed by atoms with Crippen LogP contribution in [0, 0.1) is 11.3 Å². The molecule has 0 amide bonds. The maximum Gasteiger partial charge on any atom is 0.348 e. The van der Waals surface area contributed by atoms with Crippen molar-refractivity contribution >= 4 is 11.5 Å². The zero-order valence-corrected chi connectivity index (χ0v) is 10.3. The van der Waals surface area contributed by atoms with Gasteiger partial charge in [-0.2, -0.15) is 5.26 Å². The lowest BCUT2D eigenvalue weighted by Crippen LogP contribution is -2.05. The van der Waals surface area contributed by atoms with Gasteiger partial charge in [0.1, 0.15) is 17.4 Å². The van der Waals surface area contributed by atoms with Crippen LogP contribution >= 0.6 is 0 Å². The zero-order chi connectivity index (χ0) is 13.1. The molecule has 0 fully saturated rings. The van der Waals surface area contributed by atoms with Crippen LogP contribution in [0.2, 0.25) is 0 Å². The molecule has 0 saturated carbocycles. The number of carbonyl (C=O) groups excluding carboxylic acids is 1. The molecule has 0 aliphatic carbocycles. The van der Waals surface area contributed by atoms with Crippen molar-refractivity contribution in [2.24, 2.45) is 0 Å². The first kappa shape index (κ1) is 12.2. The Hall–Kier alpha value is -2.28. The number of hydrogen-bond donors (Lipinski definition) is 0. The maximum atomic E-state index is 11.5. The van der Waals surface area contributed by atoms with Crippen LogP contribution in [-0.2, 0) is 16.0 Å². The SMILES string of the molecule is COC(=O)C(C#N)=C(C)c1ccc2c(c1)CCO2. The molecule has 2 rings (SSSR count). The van der Waals surface area contributed by atoms with Crippen molar-refractivity contribution in [2.45, 2.75) is 13.3 Å². The number of rotatable bonds is 2. The van der Waals surface area contributed by atoms with E-state index in [1.165, 1.54) is 7.11 Å². The minimum absolute atomic E-state index is 0.0383. The highest BCUT2D eigenvalue weighted by Crippen LogP contribution is 2.29. The average molecular weight is 243 g/mol. The monoisotopic (exact) mass is 243 g/mol. The first-order chi connectivity index (χ1) is 8.67. The van der Waals surface area contributed by atoms with E-state index in [1.54, 1.807) is 6.92 Å². The molecule has 0 saturated heterocycles. The summed E-state index contributed by atoms with van der Waals surface area (Å²) < 4.78 is 10.0. The second kappa shape index (κ2) is 4.92. The Morgan fingerprint density at radius 1 is 1.50 bits per heavy atom. The van der Waals surface area contributed by atoms with Gasteiger partial charge in [-0.15, -0.1) is 0 Å². The Labute approximate surface area is 105 Å². The van der Waals surface area contributed by atoms with Gasteiger partial charge in [-0.25, -0.2) is 4.79 Å². The fraction of sp³-hybridized carbons (Fsp3) is 0.286. The molecule has 0 unspecified atom stereocenters. The third kappa shape index (κ3) is 2.07. The van der Waals surface area contributed by atoms with Crippen LogP contribution in [0.4, 0.5) is 0 Å². The number of nitriles is 1. The molecule has 0 radical (unpaired) electrons. The van der Waals surface area contributed by atoms with Crippen LogP contribution in [0.25, 0.3) is 5.57 Å². The van der Waals surface area contributed by atoms with Crippen molar-refractivity contribution in [2.75, 3.05) is 13.7 Å². The summed E-state index contributed by atoms with van der Waals surface area (Å²) >= 11 is 0. The quantitative estimate of drug-likeness (QED) is 0.453. The van der Waals surface area contributed by atoms with E-state index < -0.39 is 5.97 Å². The molecule has 1 aromatic carbocycles. The average Bonchev–Trinajstić information content (AvgIpc) is 2.86. The van der Waals surface area contributed by atoms with Gasteiger partial charge >= 0.3 is 5.97 Å². The largest absolute Gasteiger partial charge is 0.493 e. The maximum absolute atomic E-state index is 11.5. The standard InChI is InChI=1S/C14H13NO3/c1-9(12(8-15)14(16)17-2)10-3-4-13-11(7-10)5-6-18-13/h3-4,7H,5-6H2,1-2H3. The lowest BCUT2D eigenvalue weighted by Gasteiger charge is -2.06. The van der Waals surface area contributed by atoms with Crippen LogP contribution in [0.5, 0.6) is 5.75 Å². The lowest BCUT2D eigenvalue weighted by atomic mass is 9.99. The second-order valence-electron chi connectivity index (χ2n) is 4.02. The normalized spacial score (nSPS) is 14.1. The Kier molecular flexibility index (Phi) is 3.33. The number of carbonyl (C=O) groups is 1. The molecule has 1 aromatic rings. The molecule has 0 aromatic heterocycles. The van der Waals surface area contributed by atoms with E-state index in [9.17, 15) is 4.79 Å². The first-order valence-electron chi connectivity index (χ1n) is 5.62. The van der Waals surface area contributed by atoms with Crippen LogP contribution in [0.15, 0.2) is 23.8 Å². The summed E-state index contributed by atoms with van der Waals surface area (Å²) in [5.74, 6) is 0.273. The molecular weight excluding hydrogens is 230 g/mol. The minimum Gasteiger partial charge on any atom is -0.493 e. The fourth-order valence-corrected chi connectivity index (χ4v) is 1.95. The predicted octanol–water partition coefficient (Wildman–Crippen LogP) is 2.09. The van der Waals surface area contributed by atoms with Crippen molar-refractivity contribution in [1.82, 2.24) is 0 Å². The summed E-state index contributed by atoms with van der Waals surface area (Å²) in [5.41, 5.74) is 2.62. The number of benzene rings is 1. The van der Waals surface area contributed by atoms with E-state index in [2.05, 4.69) is 4.74 Å². The first-order valence-corrected chi connectivity index (χ1v) is 5.62. The van der Waals surface area contributed by atoms with E-state index in [1.807, 2.05) is 24.3 Å². The van der Waals surface area contributed by atoms with Crippen LogP contribution < -0.4 is 4.74 Å². The van der Waals surface area contributed by atoms with Gasteiger partial charge in [-0.3, -0.25) is 0 Å². The van der Waals surface area contributed by atoms with Gasteiger partial charge < -0.3 is 9.47 Å². The van der Waals surface area contributed by atoms with Gasteiger partial charge in [0.25, 0.3) is 0 Å². The van der Waals surface area contributed by atoms with Crippen molar-refractivity contribution in [3.63, 3.8) is 0 Å². The molecule has 4 heteroatoms. The van der Waals surface area contributed by atoms with E-state index in [-0.39, 0.29) is 5.57 Å². The molecule has 0 spiro atoms. The number of ether oxygens (including phenoxy) is 2.